The van der Waals surface area contributed by atoms with Crippen molar-refractivity contribution >= 4 is 11.6 Å². The van der Waals surface area contributed by atoms with Crippen molar-refractivity contribution in [1.82, 2.24) is 15.1 Å². The highest BCUT2D eigenvalue weighted by Gasteiger charge is 1.99. The van der Waals surface area contributed by atoms with Gasteiger partial charge in [-0.1, -0.05) is 32.0 Å². The maximum absolute atomic E-state index is 5.74. The van der Waals surface area contributed by atoms with Crippen molar-refractivity contribution in [3.05, 3.63) is 29.6 Å². The van der Waals surface area contributed by atoms with Gasteiger partial charge >= 0.3 is 0 Å². The molecule has 1 aromatic heterocycles. The lowest BCUT2D eigenvalue weighted by atomic mass is 10.3. The van der Waals surface area contributed by atoms with Gasteiger partial charge in [-0.05, 0) is 5.57 Å². The minimum absolute atomic E-state index is 0.480. The van der Waals surface area contributed by atoms with Crippen molar-refractivity contribution in [3.63, 3.8) is 0 Å². The van der Waals surface area contributed by atoms with E-state index in [2.05, 4.69) is 30.8 Å². The monoisotopic (exact) mass is 213 g/mol. The largest absolute Gasteiger partial charge is 0.311 e. The molecule has 0 aliphatic carbocycles. The molecule has 4 heteroatoms. The van der Waals surface area contributed by atoms with Crippen molar-refractivity contribution in [3.8, 4) is 0 Å². The second kappa shape index (κ2) is 5.17. The Balaban J connectivity index is 2.34. The first-order valence-electron chi connectivity index (χ1n) is 4.66. The van der Waals surface area contributed by atoms with Gasteiger partial charge in [-0.15, -0.1) is 0 Å². The van der Waals surface area contributed by atoms with Crippen molar-refractivity contribution in [2.24, 2.45) is 0 Å². The summed E-state index contributed by atoms with van der Waals surface area (Å²) in [5, 5.41) is 8.04. The molecule has 0 radical (unpaired) electrons. The summed E-state index contributed by atoms with van der Waals surface area (Å²) >= 11 is 5.74. The maximum Gasteiger partial charge on any atom is 0.0785 e. The fourth-order valence-corrected chi connectivity index (χ4v) is 1.21. The Kier molecular flexibility index (Phi) is 4.17. The Morgan fingerprint density at radius 1 is 1.71 bits per heavy atom. The van der Waals surface area contributed by atoms with Crippen molar-refractivity contribution in [1.29, 1.82) is 0 Å². The lowest BCUT2D eigenvalue weighted by Crippen LogP contribution is -2.25. The third kappa shape index (κ3) is 3.94. The zero-order valence-electron chi connectivity index (χ0n) is 8.63. The second-order valence-corrected chi connectivity index (χ2v) is 4.08. The van der Waals surface area contributed by atoms with Crippen LogP contribution in [0.4, 0.5) is 0 Å². The van der Waals surface area contributed by atoms with Gasteiger partial charge in [0.05, 0.1) is 17.8 Å². The fourth-order valence-electron chi connectivity index (χ4n) is 1.06. The predicted octanol–water partition coefficient (Wildman–Crippen LogP) is 2.09. The molecule has 0 fully saturated rings. The number of hydrogen-bond acceptors (Lipinski definition) is 2. The van der Waals surface area contributed by atoms with E-state index in [1.165, 1.54) is 0 Å². The molecule has 1 rings (SSSR count). The molecule has 1 heterocycles. The van der Waals surface area contributed by atoms with Crippen LogP contribution in [-0.4, -0.2) is 22.4 Å². The molecule has 0 amide bonds. The quantitative estimate of drug-likeness (QED) is 0.760. The van der Waals surface area contributed by atoms with Crippen LogP contribution in [0.25, 0.3) is 0 Å². The Morgan fingerprint density at radius 2 is 2.43 bits per heavy atom. The third-order valence-corrected chi connectivity index (χ3v) is 1.94. The topological polar surface area (TPSA) is 29.9 Å². The van der Waals surface area contributed by atoms with Crippen LogP contribution in [0.15, 0.2) is 24.5 Å². The number of nitrogens with one attached hydrogen (secondary N) is 1. The fraction of sp³-hybridized carbons (Fsp3) is 0.500. The summed E-state index contributed by atoms with van der Waals surface area (Å²) in [4.78, 5) is 0. The first kappa shape index (κ1) is 11.3. The van der Waals surface area contributed by atoms with E-state index in [0.717, 1.165) is 12.1 Å². The van der Waals surface area contributed by atoms with Crippen LogP contribution in [-0.2, 0) is 6.54 Å². The zero-order valence-corrected chi connectivity index (χ0v) is 9.38. The molecule has 0 aliphatic rings. The molecule has 0 aliphatic heterocycles. The molecular weight excluding hydrogens is 198 g/mol. The summed E-state index contributed by atoms with van der Waals surface area (Å²) in [5.41, 5.74) is 1.10. The molecule has 0 saturated carbocycles. The standard InChI is InChI=1S/C10H16ClN3/c1-8(2)12-4-9(3)6-14-7-10(11)5-13-14/h5,7-8,12H,3-4,6H2,1-2H3. The van der Waals surface area contributed by atoms with E-state index in [0.29, 0.717) is 17.6 Å². The van der Waals surface area contributed by atoms with Crippen LogP contribution >= 0.6 is 11.6 Å². The van der Waals surface area contributed by atoms with Crippen LogP contribution in [0.5, 0.6) is 0 Å². The Labute approximate surface area is 89.8 Å². The molecule has 0 atom stereocenters. The van der Waals surface area contributed by atoms with E-state index in [-0.39, 0.29) is 0 Å². The number of aromatic nitrogens is 2. The minimum atomic E-state index is 0.480. The predicted molar refractivity (Wildman–Crippen MR) is 59.5 cm³/mol. The van der Waals surface area contributed by atoms with Crippen molar-refractivity contribution in [2.45, 2.75) is 26.4 Å². The van der Waals surface area contributed by atoms with Gasteiger partial charge in [0.15, 0.2) is 0 Å². The number of hydrogen-bond donors (Lipinski definition) is 1. The zero-order chi connectivity index (χ0) is 10.6. The van der Waals surface area contributed by atoms with Gasteiger partial charge < -0.3 is 5.32 Å². The van der Waals surface area contributed by atoms with Crippen LogP contribution < -0.4 is 5.32 Å². The van der Waals surface area contributed by atoms with Gasteiger partial charge in [0.25, 0.3) is 0 Å². The highest BCUT2D eigenvalue weighted by atomic mass is 35.5. The number of nitrogens with zero attached hydrogens (tertiary/aromatic N) is 2. The van der Waals surface area contributed by atoms with Gasteiger partial charge in [-0.3, -0.25) is 4.68 Å². The molecule has 0 aromatic carbocycles. The minimum Gasteiger partial charge on any atom is -0.311 e. The van der Waals surface area contributed by atoms with E-state index in [1.54, 1.807) is 17.1 Å². The summed E-state index contributed by atoms with van der Waals surface area (Å²) < 4.78 is 1.78. The first-order valence-corrected chi connectivity index (χ1v) is 5.03. The van der Waals surface area contributed by atoms with Crippen LogP contribution in [0, 0.1) is 0 Å². The molecule has 0 saturated heterocycles. The van der Waals surface area contributed by atoms with E-state index in [4.69, 9.17) is 11.6 Å². The molecule has 3 nitrogen and oxygen atoms in total. The van der Waals surface area contributed by atoms with E-state index < -0.39 is 0 Å². The van der Waals surface area contributed by atoms with Gasteiger partial charge in [0.1, 0.15) is 0 Å². The van der Waals surface area contributed by atoms with Crippen LogP contribution in [0.1, 0.15) is 13.8 Å². The third-order valence-electron chi connectivity index (χ3n) is 1.75. The molecular formula is C10H16ClN3. The Bertz CT molecular complexity index is 304. The molecule has 0 unspecified atom stereocenters. The van der Waals surface area contributed by atoms with Gasteiger partial charge in [-0.2, -0.15) is 5.10 Å². The van der Waals surface area contributed by atoms with Gasteiger partial charge in [0, 0.05) is 18.8 Å². The highest BCUT2D eigenvalue weighted by molar-refractivity contribution is 6.30. The average molecular weight is 214 g/mol. The van der Waals surface area contributed by atoms with E-state index in [9.17, 15) is 0 Å². The van der Waals surface area contributed by atoms with E-state index in [1.807, 2.05) is 0 Å². The smallest absolute Gasteiger partial charge is 0.0785 e. The summed E-state index contributed by atoms with van der Waals surface area (Å²) in [6, 6.07) is 0.480. The Hall–Kier alpha value is -0.800. The Morgan fingerprint density at radius 3 is 2.93 bits per heavy atom. The highest BCUT2D eigenvalue weighted by Crippen LogP contribution is 2.05. The van der Waals surface area contributed by atoms with Crippen LogP contribution in [0.3, 0.4) is 0 Å². The summed E-state index contributed by atoms with van der Waals surface area (Å²) in [7, 11) is 0. The summed E-state index contributed by atoms with van der Waals surface area (Å²) in [6.07, 6.45) is 3.42. The van der Waals surface area contributed by atoms with Gasteiger partial charge in [-0.25, -0.2) is 0 Å². The van der Waals surface area contributed by atoms with E-state index >= 15 is 0 Å². The molecule has 0 bridgehead atoms. The SMILES string of the molecule is C=C(CNC(C)C)Cn1cc(Cl)cn1. The summed E-state index contributed by atoms with van der Waals surface area (Å²) in [6.45, 7) is 9.71. The molecule has 14 heavy (non-hydrogen) atoms. The van der Waals surface area contributed by atoms with Crippen molar-refractivity contribution in [2.75, 3.05) is 6.54 Å². The molecule has 1 aromatic rings. The normalized spacial score (nSPS) is 10.9. The summed E-state index contributed by atoms with van der Waals surface area (Å²) in [5.74, 6) is 0. The maximum atomic E-state index is 5.74. The van der Waals surface area contributed by atoms with Crippen LogP contribution in [0.2, 0.25) is 5.02 Å². The second-order valence-electron chi connectivity index (χ2n) is 3.64. The number of rotatable bonds is 5. The molecule has 0 spiro atoms. The van der Waals surface area contributed by atoms with Crippen molar-refractivity contribution < 1.29 is 0 Å². The first-order chi connectivity index (χ1) is 6.58. The van der Waals surface area contributed by atoms with Gasteiger partial charge in [0.2, 0.25) is 0 Å². The molecule has 1 N–H and O–H groups in total. The lowest BCUT2D eigenvalue weighted by Gasteiger charge is -2.10. The lowest BCUT2D eigenvalue weighted by molar-refractivity contribution is 0.588. The number of halogens is 1. The average Bonchev–Trinajstić information content (AvgIpc) is 2.48. The molecule has 78 valence electrons.